The third-order valence-electron chi connectivity index (χ3n) is 9.68. The second-order valence-corrected chi connectivity index (χ2v) is 13.6. The molecule has 0 bridgehead atoms. The van der Waals surface area contributed by atoms with Crippen LogP contribution in [-0.2, 0) is 0 Å². The summed E-state index contributed by atoms with van der Waals surface area (Å²) in [6.45, 7) is 2.12. The number of furan rings is 1. The molecule has 0 atom stereocenters. The average molecular weight is 645 g/mol. The predicted molar refractivity (Wildman–Crippen MR) is 206 cm³/mol. The highest BCUT2D eigenvalue weighted by atomic mass is 32.1. The lowest BCUT2D eigenvalue weighted by Crippen LogP contribution is -2.00. The lowest BCUT2D eigenvalue weighted by molar-refractivity contribution is 0.670. The molecule has 3 nitrogen and oxygen atoms in total. The molecule has 0 aliphatic heterocycles. The van der Waals surface area contributed by atoms with Crippen molar-refractivity contribution in [3.63, 3.8) is 0 Å². The Morgan fingerprint density at radius 2 is 1.06 bits per heavy atom. The van der Waals surface area contributed by atoms with E-state index in [1.807, 2.05) is 23.5 Å². The van der Waals surface area contributed by atoms with E-state index >= 15 is 0 Å². The molecule has 0 saturated heterocycles. The highest BCUT2D eigenvalue weighted by Gasteiger charge is 2.22. The molecule has 0 saturated carbocycles. The third-order valence-corrected chi connectivity index (χ3v) is 10.9. The molecule has 4 heteroatoms. The van der Waals surface area contributed by atoms with Gasteiger partial charge in [0.2, 0.25) is 0 Å². The highest BCUT2D eigenvalue weighted by molar-refractivity contribution is 7.26. The Balaban J connectivity index is 1.26. The van der Waals surface area contributed by atoms with Gasteiger partial charge in [0.1, 0.15) is 11.2 Å². The Kier molecular flexibility index (Phi) is 6.27. The highest BCUT2D eigenvalue weighted by Crippen LogP contribution is 2.46. The zero-order chi connectivity index (χ0) is 32.5. The van der Waals surface area contributed by atoms with Crippen LogP contribution in [0.3, 0.4) is 0 Å². The molecule has 0 aliphatic carbocycles. The summed E-state index contributed by atoms with van der Waals surface area (Å²) in [5.41, 5.74) is 9.99. The molecule has 0 aliphatic rings. The lowest BCUT2D eigenvalue weighted by atomic mass is 9.96. The third kappa shape index (κ3) is 4.35. The largest absolute Gasteiger partial charge is 0.455 e. The fourth-order valence-corrected chi connectivity index (χ4v) is 8.64. The minimum absolute atomic E-state index is 0.678. The first kappa shape index (κ1) is 28.0. The van der Waals surface area contributed by atoms with E-state index in [0.29, 0.717) is 5.82 Å². The van der Waals surface area contributed by atoms with E-state index in [-0.39, 0.29) is 0 Å². The fourth-order valence-electron chi connectivity index (χ4n) is 7.41. The second kappa shape index (κ2) is 11.0. The molecule has 0 amide bonds. The first-order valence-electron chi connectivity index (χ1n) is 16.5. The first-order chi connectivity index (χ1) is 24.2. The summed E-state index contributed by atoms with van der Waals surface area (Å²) in [7, 11) is 0. The van der Waals surface area contributed by atoms with Gasteiger partial charge < -0.3 is 4.42 Å². The van der Waals surface area contributed by atoms with Gasteiger partial charge in [0.15, 0.2) is 5.82 Å². The van der Waals surface area contributed by atoms with E-state index in [2.05, 4.69) is 146 Å². The Morgan fingerprint density at radius 3 is 1.78 bits per heavy atom. The minimum Gasteiger partial charge on any atom is -0.455 e. The van der Waals surface area contributed by atoms with E-state index in [1.54, 1.807) is 0 Å². The number of nitrogens with zero attached hydrogens (tertiary/aromatic N) is 2. The summed E-state index contributed by atoms with van der Waals surface area (Å²) in [6.07, 6.45) is 0. The van der Waals surface area contributed by atoms with Gasteiger partial charge in [-0.3, -0.25) is 0 Å². The first-order valence-corrected chi connectivity index (χ1v) is 17.3. The van der Waals surface area contributed by atoms with Crippen molar-refractivity contribution in [1.29, 1.82) is 0 Å². The van der Waals surface area contributed by atoms with Crippen molar-refractivity contribution in [3.8, 4) is 45.0 Å². The molecule has 7 aromatic carbocycles. The topological polar surface area (TPSA) is 38.9 Å². The molecule has 230 valence electrons. The lowest BCUT2D eigenvalue weighted by Gasteiger charge is -2.15. The number of aromatic nitrogens is 2. The van der Waals surface area contributed by atoms with E-state index in [9.17, 15) is 0 Å². The van der Waals surface area contributed by atoms with Gasteiger partial charge >= 0.3 is 0 Å². The van der Waals surface area contributed by atoms with Gasteiger partial charge in [0, 0.05) is 64.3 Å². The Labute approximate surface area is 286 Å². The molecule has 10 rings (SSSR count). The maximum Gasteiger partial charge on any atom is 0.161 e. The Hall–Kier alpha value is -6.10. The van der Waals surface area contributed by atoms with Crippen LogP contribution in [-0.4, -0.2) is 9.97 Å². The quantitative estimate of drug-likeness (QED) is 0.191. The summed E-state index contributed by atoms with van der Waals surface area (Å²) >= 11 is 1.84. The number of hydrogen-bond acceptors (Lipinski definition) is 4. The SMILES string of the molecule is Cc1c(-c2ccccc2)nc(-c2cc3oc4c(-c5cccc6c5sc5ccccc56)cccc4c3c3ccccc23)nc1-c1ccccc1. The van der Waals surface area contributed by atoms with Crippen molar-refractivity contribution in [3.05, 3.63) is 157 Å². The van der Waals surface area contributed by atoms with Crippen LogP contribution < -0.4 is 0 Å². The molecule has 0 radical (unpaired) electrons. The minimum atomic E-state index is 0.678. The van der Waals surface area contributed by atoms with Crippen molar-refractivity contribution in [2.45, 2.75) is 6.92 Å². The monoisotopic (exact) mass is 644 g/mol. The number of thiophene rings is 1. The zero-order valence-electron chi connectivity index (χ0n) is 26.6. The van der Waals surface area contributed by atoms with Gasteiger partial charge in [-0.25, -0.2) is 9.97 Å². The number of hydrogen-bond donors (Lipinski definition) is 0. The van der Waals surface area contributed by atoms with Crippen molar-refractivity contribution in [2.24, 2.45) is 0 Å². The van der Waals surface area contributed by atoms with Gasteiger partial charge in [0.05, 0.1) is 11.4 Å². The predicted octanol–water partition coefficient (Wildman–Crippen LogP) is 12.9. The molecule has 0 unspecified atom stereocenters. The molecule has 49 heavy (non-hydrogen) atoms. The molecule has 10 aromatic rings. The Morgan fingerprint density at radius 1 is 0.490 bits per heavy atom. The van der Waals surface area contributed by atoms with Crippen molar-refractivity contribution in [2.75, 3.05) is 0 Å². The van der Waals surface area contributed by atoms with Gasteiger partial charge in [-0.2, -0.15) is 0 Å². The molecule has 3 aromatic heterocycles. The summed E-state index contributed by atoms with van der Waals surface area (Å²) < 4.78 is 9.50. The fraction of sp³-hybridized carbons (Fsp3) is 0.0222. The maximum atomic E-state index is 6.93. The zero-order valence-corrected chi connectivity index (χ0v) is 27.5. The van der Waals surface area contributed by atoms with Crippen LogP contribution in [0.4, 0.5) is 0 Å². The molecular formula is C45H28N2OS. The van der Waals surface area contributed by atoms with Crippen LogP contribution >= 0.6 is 11.3 Å². The van der Waals surface area contributed by atoms with Gasteiger partial charge in [-0.05, 0) is 29.8 Å². The molecule has 0 spiro atoms. The van der Waals surface area contributed by atoms with E-state index in [0.717, 1.165) is 71.9 Å². The van der Waals surface area contributed by atoms with Crippen LogP contribution in [0.15, 0.2) is 156 Å². The van der Waals surface area contributed by atoms with E-state index < -0.39 is 0 Å². The smallest absolute Gasteiger partial charge is 0.161 e. The molecular weight excluding hydrogens is 617 g/mol. The van der Waals surface area contributed by atoms with Crippen LogP contribution in [0.25, 0.3) is 97.9 Å². The van der Waals surface area contributed by atoms with E-state index in [4.69, 9.17) is 14.4 Å². The molecule has 0 fully saturated rings. The van der Waals surface area contributed by atoms with Crippen LogP contribution in [0, 0.1) is 6.92 Å². The average Bonchev–Trinajstić information content (AvgIpc) is 3.74. The molecule has 3 heterocycles. The van der Waals surface area contributed by atoms with Gasteiger partial charge in [-0.1, -0.05) is 140 Å². The van der Waals surface area contributed by atoms with Crippen molar-refractivity contribution >= 4 is 64.2 Å². The number of rotatable bonds is 4. The van der Waals surface area contributed by atoms with E-state index in [1.165, 1.54) is 25.7 Å². The molecule has 0 N–H and O–H groups in total. The van der Waals surface area contributed by atoms with Crippen molar-refractivity contribution < 1.29 is 4.42 Å². The number of para-hydroxylation sites is 1. The second-order valence-electron chi connectivity index (χ2n) is 12.5. The van der Waals surface area contributed by atoms with Crippen LogP contribution in [0.2, 0.25) is 0 Å². The van der Waals surface area contributed by atoms with Crippen LogP contribution in [0.5, 0.6) is 0 Å². The summed E-state index contributed by atoms with van der Waals surface area (Å²) in [5.74, 6) is 0.678. The van der Waals surface area contributed by atoms with Gasteiger partial charge in [0.25, 0.3) is 0 Å². The standard InChI is InChI=1S/C45H28N2OS/c1-27-41(28-14-4-2-5-15-28)46-45(47-42(27)29-16-6-3-7-17-29)37-26-38-40(32-20-9-8-18-30(32)37)36-24-12-21-33(43(36)48-38)35-23-13-22-34-31-19-10-11-25-39(31)49-44(34)35/h2-26H,1H3. The van der Waals surface area contributed by atoms with Crippen molar-refractivity contribution in [1.82, 2.24) is 9.97 Å². The summed E-state index contributed by atoms with van der Waals surface area (Å²) in [4.78, 5) is 10.6. The van der Waals surface area contributed by atoms with Gasteiger partial charge in [-0.15, -0.1) is 11.3 Å². The normalized spacial score (nSPS) is 11.8. The number of benzene rings is 7. The maximum absolute atomic E-state index is 6.93. The summed E-state index contributed by atoms with van der Waals surface area (Å²) in [6, 6.07) is 53.3. The number of fused-ring (bicyclic) bond motifs is 8. The Bertz CT molecular complexity index is 2830. The van der Waals surface area contributed by atoms with Crippen LogP contribution in [0.1, 0.15) is 5.56 Å². The summed E-state index contributed by atoms with van der Waals surface area (Å²) in [5, 5.41) is 7.00.